The smallest absolute Gasteiger partial charge is 0.330 e. The minimum absolute atomic E-state index is 0.111. The fraction of sp³-hybridized carbons (Fsp3) is 0.850. The lowest BCUT2D eigenvalue weighted by Gasteiger charge is -2.34. The summed E-state index contributed by atoms with van der Waals surface area (Å²) in [5.41, 5.74) is -0.111. The van der Waals surface area contributed by atoms with Crippen molar-refractivity contribution >= 4 is 5.97 Å². The maximum absolute atomic E-state index is 11.1. The lowest BCUT2D eigenvalue weighted by molar-refractivity contribution is -0.138. The van der Waals surface area contributed by atoms with E-state index in [2.05, 4.69) is 34.3 Å². The molecule has 0 heterocycles. The Bertz CT molecular complexity index is 310. The third kappa shape index (κ3) is 11.4. The van der Waals surface area contributed by atoms with Gasteiger partial charge in [-0.1, -0.05) is 52.0 Å². The number of hydrogen-bond acceptors (Lipinski definition) is 3. The summed E-state index contributed by atoms with van der Waals surface area (Å²) >= 11 is 0. The number of rotatable bonds is 15. The minimum atomic E-state index is -0.332. The molecule has 3 heteroatoms. The van der Waals surface area contributed by atoms with Gasteiger partial charge in [-0.25, -0.2) is 4.79 Å². The van der Waals surface area contributed by atoms with Crippen LogP contribution in [0.4, 0.5) is 0 Å². The fourth-order valence-corrected chi connectivity index (χ4v) is 3.06. The largest absolute Gasteiger partial charge is 0.463 e. The molecular formula is C20H38O3. The molecule has 3 nitrogen and oxygen atoms in total. The van der Waals surface area contributed by atoms with E-state index in [0.717, 1.165) is 19.4 Å². The van der Waals surface area contributed by atoms with Gasteiger partial charge in [0, 0.05) is 12.7 Å². The Morgan fingerprint density at radius 3 is 2.26 bits per heavy atom. The third-order valence-electron chi connectivity index (χ3n) is 4.51. The Balaban J connectivity index is 4.18. The lowest BCUT2D eigenvalue weighted by Crippen LogP contribution is -2.35. The minimum Gasteiger partial charge on any atom is -0.463 e. The van der Waals surface area contributed by atoms with Crippen molar-refractivity contribution in [2.75, 3.05) is 13.2 Å². The van der Waals surface area contributed by atoms with Crippen molar-refractivity contribution in [3.05, 3.63) is 12.7 Å². The first-order valence-corrected chi connectivity index (χ1v) is 9.41. The highest BCUT2D eigenvalue weighted by molar-refractivity contribution is 5.81. The number of hydrogen-bond donors (Lipinski definition) is 0. The SMILES string of the molecule is C=CC(=O)OCCCC(CCCCCCCC)C(C)(C)OCC. The molecule has 0 aliphatic carbocycles. The topological polar surface area (TPSA) is 35.5 Å². The van der Waals surface area contributed by atoms with Gasteiger partial charge < -0.3 is 9.47 Å². The molecule has 0 spiro atoms. The molecule has 136 valence electrons. The molecule has 0 radical (unpaired) electrons. The van der Waals surface area contributed by atoms with Crippen LogP contribution in [0.3, 0.4) is 0 Å². The van der Waals surface area contributed by atoms with Crippen molar-refractivity contribution in [2.24, 2.45) is 5.92 Å². The zero-order chi connectivity index (χ0) is 17.6. The van der Waals surface area contributed by atoms with E-state index in [-0.39, 0.29) is 11.6 Å². The molecule has 0 aliphatic rings. The molecule has 23 heavy (non-hydrogen) atoms. The normalized spacial score (nSPS) is 12.9. The molecule has 0 saturated heterocycles. The van der Waals surface area contributed by atoms with Gasteiger partial charge in [-0.05, 0) is 46.0 Å². The summed E-state index contributed by atoms with van der Waals surface area (Å²) in [6.45, 7) is 13.3. The molecule has 0 aliphatic heterocycles. The summed E-state index contributed by atoms with van der Waals surface area (Å²) in [5.74, 6) is 0.178. The number of carbonyl (C=O) groups excluding carboxylic acids is 1. The van der Waals surface area contributed by atoms with Gasteiger partial charge in [-0.15, -0.1) is 0 Å². The van der Waals surface area contributed by atoms with Gasteiger partial charge >= 0.3 is 5.97 Å². The lowest BCUT2D eigenvalue weighted by atomic mass is 9.82. The van der Waals surface area contributed by atoms with Gasteiger partial charge in [0.1, 0.15) is 0 Å². The first kappa shape index (κ1) is 22.2. The number of esters is 1. The van der Waals surface area contributed by atoms with Crippen LogP contribution in [0, 0.1) is 5.92 Å². The second kappa shape index (κ2) is 13.6. The van der Waals surface area contributed by atoms with E-state index in [4.69, 9.17) is 9.47 Å². The Morgan fingerprint density at radius 1 is 1.04 bits per heavy atom. The van der Waals surface area contributed by atoms with E-state index >= 15 is 0 Å². The van der Waals surface area contributed by atoms with Gasteiger partial charge in [-0.2, -0.15) is 0 Å². The van der Waals surface area contributed by atoms with Crippen molar-refractivity contribution < 1.29 is 14.3 Å². The van der Waals surface area contributed by atoms with Gasteiger partial charge in [0.05, 0.1) is 12.2 Å². The molecule has 0 saturated carbocycles. The van der Waals surface area contributed by atoms with Gasteiger partial charge in [0.25, 0.3) is 0 Å². The molecule has 1 unspecified atom stereocenters. The van der Waals surface area contributed by atoms with Crippen LogP contribution in [0.5, 0.6) is 0 Å². The molecule has 0 bridgehead atoms. The van der Waals surface area contributed by atoms with Gasteiger partial charge in [0.15, 0.2) is 0 Å². The van der Waals surface area contributed by atoms with Crippen LogP contribution in [0.2, 0.25) is 0 Å². The summed E-state index contributed by atoms with van der Waals surface area (Å²) in [7, 11) is 0. The van der Waals surface area contributed by atoms with E-state index in [1.165, 1.54) is 51.0 Å². The highest BCUT2D eigenvalue weighted by Crippen LogP contribution is 2.30. The van der Waals surface area contributed by atoms with Crippen molar-refractivity contribution in [2.45, 2.75) is 91.1 Å². The quantitative estimate of drug-likeness (QED) is 0.221. The third-order valence-corrected chi connectivity index (χ3v) is 4.51. The highest BCUT2D eigenvalue weighted by atomic mass is 16.5. The average Bonchev–Trinajstić information content (AvgIpc) is 2.51. The predicted molar refractivity (Wildman–Crippen MR) is 97.6 cm³/mol. The van der Waals surface area contributed by atoms with E-state index in [1.54, 1.807) is 0 Å². The number of ether oxygens (including phenoxy) is 2. The van der Waals surface area contributed by atoms with Crippen molar-refractivity contribution in [1.29, 1.82) is 0 Å². The molecular weight excluding hydrogens is 288 g/mol. The molecule has 1 atom stereocenters. The van der Waals surface area contributed by atoms with Crippen LogP contribution in [-0.2, 0) is 14.3 Å². The zero-order valence-electron chi connectivity index (χ0n) is 15.9. The molecule has 0 aromatic heterocycles. The first-order valence-electron chi connectivity index (χ1n) is 9.41. The Labute approximate surface area is 143 Å². The molecule has 0 fully saturated rings. The maximum Gasteiger partial charge on any atom is 0.330 e. The van der Waals surface area contributed by atoms with Crippen LogP contribution in [-0.4, -0.2) is 24.8 Å². The predicted octanol–water partition coefficient (Wildman–Crippen LogP) is 5.68. The van der Waals surface area contributed by atoms with Crippen LogP contribution in [0.25, 0.3) is 0 Å². The molecule has 0 N–H and O–H groups in total. The Kier molecular flexibility index (Phi) is 13.1. The van der Waals surface area contributed by atoms with Crippen LogP contribution >= 0.6 is 0 Å². The van der Waals surface area contributed by atoms with Crippen molar-refractivity contribution in [1.82, 2.24) is 0 Å². The van der Waals surface area contributed by atoms with Gasteiger partial charge in [-0.3, -0.25) is 0 Å². The van der Waals surface area contributed by atoms with Gasteiger partial charge in [0.2, 0.25) is 0 Å². The van der Waals surface area contributed by atoms with E-state index in [9.17, 15) is 4.79 Å². The van der Waals surface area contributed by atoms with Crippen LogP contribution in [0.15, 0.2) is 12.7 Å². The van der Waals surface area contributed by atoms with Crippen LogP contribution < -0.4 is 0 Å². The summed E-state index contributed by atoms with van der Waals surface area (Å²) in [6.07, 6.45) is 12.2. The fourth-order valence-electron chi connectivity index (χ4n) is 3.06. The molecule has 0 rings (SSSR count). The Morgan fingerprint density at radius 2 is 1.65 bits per heavy atom. The second-order valence-corrected chi connectivity index (χ2v) is 6.80. The van der Waals surface area contributed by atoms with Crippen molar-refractivity contribution in [3.8, 4) is 0 Å². The molecule has 0 aromatic rings. The summed E-state index contributed by atoms with van der Waals surface area (Å²) < 4.78 is 11.0. The first-order chi connectivity index (χ1) is 11.0. The standard InChI is InChI=1S/C20H38O3/c1-6-9-10-11-12-13-15-18(20(4,5)23-8-3)16-14-17-22-19(21)7-2/h7,18H,2,6,8-17H2,1,3-5H3. The van der Waals surface area contributed by atoms with E-state index in [1.807, 2.05) is 0 Å². The molecule has 0 aromatic carbocycles. The van der Waals surface area contributed by atoms with E-state index in [0.29, 0.717) is 12.5 Å². The maximum atomic E-state index is 11.1. The van der Waals surface area contributed by atoms with Crippen molar-refractivity contribution in [3.63, 3.8) is 0 Å². The Hall–Kier alpha value is -0.830. The number of unbranched alkanes of at least 4 members (excludes halogenated alkanes) is 5. The summed E-state index contributed by atoms with van der Waals surface area (Å²) in [5, 5.41) is 0. The summed E-state index contributed by atoms with van der Waals surface area (Å²) in [4.78, 5) is 11.1. The van der Waals surface area contributed by atoms with E-state index < -0.39 is 0 Å². The molecule has 0 amide bonds. The zero-order valence-corrected chi connectivity index (χ0v) is 15.9. The monoisotopic (exact) mass is 326 g/mol. The highest BCUT2D eigenvalue weighted by Gasteiger charge is 2.29. The average molecular weight is 327 g/mol. The summed E-state index contributed by atoms with van der Waals surface area (Å²) in [6, 6.07) is 0. The second-order valence-electron chi connectivity index (χ2n) is 6.80. The van der Waals surface area contributed by atoms with Crippen LogP contribution in [0.1, 0.15) is 85.5 Å². The number of carbonyl (C=O) groups is 1.